The highest BCUT2D eigenvalue weighted by Gasteiger charge is 1.56. The Hall–Kier alpha value is -2.49. The Morgan fingerprint density at radius 2 is 0.667 bits per heavy atom. The Bertz CT molecular complexity index is 222. The SMILES string of the molecule is C=CC(=O)[O-].C=CC(=O)[O-].C=CC(=O)[O-].[NH4+].[NH4+].[NH4+]. The van der Waals surface area contributed by atoms with Crippen LogP contribution < -0.4 is 33.8 Å². The first-order valence-electron chi connectivity index (χ1n) is 3.32. The molecule has 0 rings (SSSR count). The van der Waals surface area contributed by atoms with E-state index in [9.17, 15) is 0 Å². The zero-order valence-electron chi connectivity index (χ0n) is 10.8. The second-order valence-corrected chi connectivity index (χ2v) is 1.57. The summed E-state index contributed by atoms with van der Waals surface area (Å²) in [7, 11) is 0. The summed E-state index contributed by atoms with van der Waals surface area (Å²) < 4.78 is 0. The number of carbonyl (C=O) groups is 3. The van der Waals surface area contributed by atoms with E-state index in [1.54, 1.807) is 0 Å². The van der Waals surface area contributed by atoms with Crippen LogP contribution in [-0.2, 0) is 14.4 Å². The van der Waals surface area contributed by atoms with Crippen molar-refractivity contribution in [3.63, 3.8) is 0 Å². The number of aliphatic carboxylic acids is 3. The van der Waals surface area contributed by atoms with Crippen LogP contribution in [0.2, 0.25) is 0 Å². The van der Waals surface area contributed by atoms with Gasteiger partial charge in [0.15, 0.2) is 0 Å². The molecule has 108 valence electrons. The van der Waals surface area contributed by atoms with Crippen LogP contribution in [0.5, 0.6) is 0 Å². The van der Waals surface area contributed by atoms with Gasteiger partial charge < -0.3 is 48.2 Å². The molecule has 0 aromatic carbocycles. The molecule has 0 aromatic heterocycles. The van der Waals surface area contributed by atoms with Gasteiger partial charge >= 0.3 is 0 Å². The lowest BCUT2D eigenvalue weighted by Gasteiger charge is -1.81. The third-order valence-electron chi connectivity index (χ3n) is 0.500. The molecule has 0 aliphatic rings. The van der Waals surface area contributed by atoms with Gasteiger partial charge in [0.1, 0.15) is 0 Å². The number of hydrogen-bond donors (Lipinski definition) is 3. The van der Waals surface area contributed by atoms with Crippen LogP contribution in [0.1, 0.15) is 0 Å². The molecule has 0 bridgehead atoms. The molecule has 0 amide bonds. The van der Waals surface area contributed by atoms with E-state index in [0.29, 0.717) is 0 Å². The number of carbonyl (C=O) groups excluding carboxylic acids is 3. The molecule has 0 aliphatic heterocycles. The van der Waals surface area contributed by atoms with Gasteiger partial charge in [-0.25, -0.2) is 0 Å². The third-order valence-corrected chi connectivity index (χ3v) is 0.500. The Labute approximate surface area is 105 Å². The van der Waals surface area contributed by atoms with Crippen molar-refractivity contribution in [2.75, 3.05) is 0 Å². The molecular weight excluding hydrogens is 246 g/mol. The summed E-state index contributed by atoms with van der Waals surface area (Å²) in [5.74, 6) is -3.69. The predicted molar refractivity (Wildman–Crippen MR) is 63.6 cm³/mol. The van der Waals surface area contributed by atoms with E-state index in [4.69, 9.17) is 29.7 Å². The monoisotopic (exact) mass is 267 g/mol. The van der Waals surface area contributed by atoms with Gasteiger partial charge in [-0.15, -0.1) is 0 Å². The van der Waals surface area contributed by atoms with Crippen LogP contribution in [-0.4, -0.2) is 17.9 Å². The Balaban J connectivity index is -0.0000000277. The van der Waals surface area contributed by atoms with Crippen molar-refractivity contribution >= 4 is 17.9 Å². The summed E-state index contributed by atoms with van der Waals surface area (Å²) >= 11 is 0. The van der Waals surface area contributed by atoms with Crippen LogP contribution in [0.25, 0.3) is 0 Å². The molecule has 12 N–H and O–H groups in total. The van der Waals surface area contributed by atoms with E-state index in [1.165, 1.54) is 0 Å². The maximum atomic E-state index is 9.14. The van der Waals surface area contributed by atoms with E-state index in [2.05, 4.69) is 19.7 Å². The zero-order valence-corrected chi connectivity index (χ0v) is 10.8. The van der Waals surface area contributed by atoms with E-state index < -0.39 is 17.9 Å². The van der Waals surface area contributed by atoms with E-state index >= 15 is 0 Å². The smallest absolute Gasteiger partial charge is 0.0636 e. The van der Waals surface area contributed by atoms with Crippen LogP contribution in [0.3, 0.4) is 0 Å². The van der Waals surface area contributed by atoms with Gasteiger partial charge in [-0.1, -0.05) is 19.7 Å². The highest BCUT2D eigenvalue weighted by Crippen LogP contribution is 1.48. The molecule has 0 heterocycles. The molecule has 9 nitrogen and oxygen atoms in total. The van der Waals surface area contributed by atoms with Crippen LogP contribution >= 0.6 is 0 Å². The second kappa shape index (κ2) is 29.3. The van der Waals surface area contributed by atoms with Gasteiger partial charge in [0, 0.05) is 0 Å². The number of hydrogen-bond acceptors (Lipinski definition) is 6. The van der Waals surface area contributed by atoms with Crippen LogP contribution in [0.15, 0.2) is 38.0 Å². The molecule has 0 radical (unpaired) electrons. The normalized spacial score (nSPS) is 5.33. The molecule has 0 spiro atoms. The largest absolute Gasteiger partial charge is 0.545 e. The molecule has 9 heteroatoms. The zero-order chi connectivity index (χ0) is 12.9. The van der Waals surface area contributed by atoms with Gasteiger partial charge in [-0.05, 0) is 18.2 Å². The van der Waals surface area contributed by atoms with Gasteiger partial charge in [0.05, 0.1) is 17.9 Å². The first-order chi connectivity index (χ1) is 6.81. The third kappa shape index (κ3) is 172. The van der Waals surface area contributed by atoms with Crippen LogP contribution in [0, 0.1) is 0 Å². The standard InChI is InChI=1S/3C3H4O2.3H3N/c3*1-2-3(4)5;;;/h3*2H,1H2,(H,4,5);3*1H3. The van der Waals surface area contributed by atoms with Gasteiger partial charge in [0.25, 0.3) is 0 Å². The molecule has 18 heavy (non-hydrogen) atoms. The lowest BCUT2D eigenvalue weighted by atomic mass is 10.7. The van der Waals surface area contributed by atoms with Crippen molar-refractivity contribution in [3.8, 4) is 0 Å². The van der Waals surface area contributed by atoms with Gasteiger partial charge in [-0.3, -0.25) is 0 Å². The topological polar surface area (TPSA) is 230 Å². The summed E-state index contributed by atoms with van der Waals surface area (Å²) in [6.07, 6.45) is 2.17. The number of quaternary nitrogens is 3. The summed E-state index contributed by atoms with van der Waals surface area (Å²) in [5, 5.41) is 27.4. The van der Waals surface area contributed by atoms with Gasteiger partial charge in [-0.2, -0.15) is 0 Å². The van der Waals surface area contributed by atoms with E-state index in [1.807, 2.05) is 0 Å². The van der Waals surface area contributed by atoms with Crippen molar-refractivity contribution in [1.29, 1.82) is 0 Å². The minimum Gasteiger partial charge on any atom is -0.545 e. The molecule has 0 saturated heterocycles. The average molecular weight is 267 g/mol. The highest BCUT2D eigenvalue weighted by molar-refractivity contribution is 5.77. The Kier molecular flexibility index (Phi) is 58.7. The minimum absolute atomic E-state index is 0. The molecule has 0 saturated carbocycles. The lowest BCUT2D eigenvalue weighted by Crippen LogP contribution is -2.17. The second-order valence-electron chi connectivity index (χ2n) is 1.57. The fourth-order valence-corrected chi connectivity index (χ4v) is 0. The van der Waals surface area contributed by atoms with Crippen LogP contribution in [0.4, 0.5) is 0 Å². The number of carboxylic acids is 3. The molecule has 0 aromatic rings. The summed E-state index contributed by atoms with van der Waals surface area (Å²) in [4.78, 5) is 27.4. The molecular formula is C9H21N3O6. The molecule has 0 atom stereocenters. The first kappa shape index (κ1) is 36.1. The van der Waals surface area contributed by atoms with Crippen molar-refractivity contribution in [2.24, 2.45) is 0 Å². The Morgan fingerprint density at radius 1 is 0.611 bits per heavy atom. The summed E-state index contributed by atoms with van der Waals surface area (Å²) in [5.41, 5.74) is 0. The van der Waals surface area contributed by atoms with Crippen molar-refractivity contribution in [2.45, 2.75) is 0 Å². The summed E-state index contributed by atoms with van der Waals surface area (Å²) in [6.45, 7) is 8.69. The summed E-state index contributed by atoms with van der Waals surface area (Å²) in [6, 6.07) is 0. The maximum absolute atomic E-state index is 9.14. The molecule has 0 unspecified atom stereocenters. The maximum Gasteiger partial charge on any atom is 0.0636 e. The minimum atomic E-state index is -1.23. The molecule has 0 fully saturated rings. The Morgan fingerprint density at radius 3 is 0.667 bits per heavy atom. The number of rotatable bonds is 3. The fourth-order valence-electron chi connectivity index (χ4n) is 0. The lowest BCUT2D eigenvalue weighted by molar-refractivity contribution is -0.298. The number of carboxylic acid groups (broad SMARTS) is 3. The van der Waals surface area contributed by atoms with Crippen molar-refractivity contribution in [3.05, 3.63) is 38.0 Å². The highest BCUT2D eigenvalue weighted by atomic mass is 16.4. The average Bonchev–Trinajstić information content (AvgIpc) is 2.19. The first-order valence-corrected chi connectivity index (χ1v) is 3.32. The molecule has 0 aliphatic carbocycles. The predicted octanol–water partition coefficient (Wildman–Crippen LogP) is -2.10. The van der Waals surface area contributed by atoms with E-state index in [0.717, 1.165) is 18.2 Å². The van der Waals surface area contributed by atoms with Crippen molar-refractivity contribution in [1.82, 2.24) is 18.5 Å². The van der Waals surface area contributed by atoms with Gasteiger partial charge in [0.2, 0.25) is 0 Å². The van der Waals surface area contributed by atoms with E-state index in [-0.39, 0.29) is 18.5 Å². The quantitative estimate of drug-likeness (QED) is 0.483. The fraction of sp³-hybridized carbons (Fsp3) is 0. The van der Waals surface area contributed by atoms with Crippen molar-refractivity contribution < 1.29 is 29.7 Å².